The Morgan fingerprint density at radius 1 is 1.07 bits per heavy atom. The highest BCUT2D eigenvalue weighted by molar-refractivity contribution is 5.51. The van der Waals surface area contributed by atoms with Crippen molar-refractivity contribution in [3.05, 3.63) is 64.1 Å². The number of anilines is 1. The van der Waals surface area contributed by atoms with E-state index < -0.39 is 17.3 Å². The monoisotopic (exact) mass is 380 g/mol. The Morgan fingerprint density at radius 3 is 2.56 bits per heavy atom. The summed E-state index contributed by atoms with van der Waals surface area (Å²) in [7, 11) is 0. The molecule has 2 heterocycles. The molecule has 0 spiro atoms. The lowest BCUT2D eigenvalue weighted by Crippen LogP contribution is -2.45. The zero-order valence-electron chi connectivity index (χ0n) is 14.9. The number of piperazine rings is 1. The third-order valence-corrected chi connectivity index (χ3v) is 4.62. The third kappa shape index (κ3) is 5.33. The van der Waals surface area contributed by atoms with Gasteiger partial charge < -0.3 is 15.2 Å². The lowest BCUT2D eigenvalue weighted by Gasteiger charge is -2.27. The molecule has 0 amide bonds. The maximum absolute atomic E-state index is 12.9. The van der Waals surface area contributed by atoms with Crippen molar-refractivity contribution in [3.63, 3.8) is 0 Å². The van der Waals surface area contributed by atoms with Crippen LogP contribution in [0.15, 0.2) is 47.4 Å². The molecule has 146 valence electrons. The first-order chi connectivity index (χ1) is 12.9. The van der Waals surface area contributed by atoms with E-state index in [1.165, 1.54) is 0 Å². The first kappa shape index (κ1) is 19.4. The SMILES string of the molecule is O=c1ccc(C(F)(F)F)cn1Cc1ccccc1NCCN1CCNCC1. The van der Waals surface area contributed by atoms with E-state index in [2.05, 4.69) is 15.5 Å². The molecule has 1 aliphatic rings. The first-order valence-electron chi connectivity index (χ1n) is 8.96. The molecule has 0 bridgehead atoms. The largest absolute Gasteiger partial charge is 0.417 e. The van der Waals surface area contributed by atoms with Crippen molar-refractivity contribution < 1.29 is 13.2 Å². The summed E-state index contributed by atoms with van der Waals surface area (Å²) in [6.45, 7) is 5.67. The van der Waals surface area contributed by atoms with E-state index in [4.69, 9.17) is 0 Å². The van der Waals surface area contributed by atoms with Gasteiger partial charge in [-0.05, 0) is 17.7 Å². The number of nitrogens with one attached hydrogen (secondary N) is 2. The minimum absolute atomic E-state index is 0.0829. The predicted molar refractivity (Wildman–Crippen MR) is 99.0 cm³/mol. The Kier molecular flexibility index (Phi) is 6.18. The van der Waals surface area contributed by atoms with E-state index in [0.29, 0.717) is 0 Å². The average molecular weight is 380 g/mol. The van der Waals surface area contributed by atoms with Gasteiger partial charge >= 0.3 is 6.18 Å². The highest BCUT2D eigenvalue weighted by Gasteiger charge is 2.31. The summed E-state index contributed by atoms with van der Waals surface area (Å²) in [6, 6.07) is 9.16. The molecule has 0 atom stereocenters. The van der Waals surface area contributed by atoms with Crippen molar-refractivity contribution in [2.24, 2.45) is 0 Å². The Morgan fingerprint density at radius 2 is 1.81 bits per heavy atom. The number of aromatic nitrogens is 1. The summed E-state index contributed by atoms with van der Waals surface area (Å²) >= 11 is 0. The molecule has 27 heavy (non-hydrogen) atoms. The fraction of sp³-hybridized carbons (Fsp3) is 0.421. The number of para-hydroxylation sites is 1. The van der Waals surface area contributed by atoms with Crippen LogP contribution in [0.5, 0.6) is 0 Å². The van der Waals surface area contributed by atoms with Gasteiger partial charge in [-0.2, -0.15) is 13.2 Å². The molecule has 2 N–H and O–H groups in total. The Bertz CT molecular complexity index is 813. The van der Waals surface area contributed by atoms with Crippen LogP contribution >= 0.6 is 0 Å². The van der Waals surface area contributed by atoms with Crippen LogP contribution in [0.4, 0.5) is 18.9 Å². The van der Waals surface area contributed by atoms with E-state index in [-0.39, 0.29) is 6.54 Å². The molecule has 0 aliphatic carbocycles. The maximum atomic E-state index is 12.9. The molecule has 8 heteroatoms. The van der Waals surface area contributed by atoms with Crippen molar-refractivity contribution in [2.75, 3.05) is 44.6 Å². The number of hydrogen-bond donors (Lipinski definition) is 2. The van der Waals surface area contributed by atoms with Gasteiger partial charge in [0.1, 0.15) is 0 Å². The third-order valence-electron chi connectivity index (χ3n) is 4.62. The van der Waals surface area contributed by atoms with Crippen LogP contribution in [-0.2, 0) is 12.7 Å². The fourth-order valence-corrected chi connectivity index (χ4v) is 3.12. The standard InChI is InChI=1S/C19H23F3N4O/c20-19(21,22)16-5-6-18(27)26(14-16)13-15-3-1-2-4-17(15)24-9-12-25-10-7-23-8-11-25/h1-6,14,23-24H,7-13H2. The molecule has 0 saturated carbocycles. The molecule has 2 aromatic rings. The summed E-state index contributed by atoms with van der Waals surface area (Å²) in [5.74, 6) is 0. The number of hydrogen-bond acceptors (Lipinski definition) is 4. The molecule has 1 aromatic heterocycles. The molecule has 0 unspecified atom stereocenters. The van der Waals surface area contributed by atoms with Crippen molar-refractivity contribution >= 4 is 5.69 Å². The normalized spacial score (nSPS) is 15.7. The summed E-state index contributed by atoms with van der Waals surface area (Å²) in [5.41, 5.74) is 0.320. The second-order valence-electron chi connectivity index (χ2n) is 6.56. The van der Waals surface area contributed by atoms with E-state index in [1.807, 2.05) is 24.3 Å². The quantitative estimate of drug-likeness (QED) is 0.807. The van der Waals surface area contributed by atoms with Crippen LogP contribution in [0, 0.1) is 0 Å². The summed E-state index contributed by atoms with van der Waals surface area (Å²) in [4.78, 5) is 14.3. The van der Waals surface area contributed by atoms with Gasteiger partial charge in [-0.3, -0.25) is 9.69 Å². The van der Waals surface area contributed by atoms with Gasteiger partial charge in [0, 0.05) is 57.2 Å². The predicted octanol–water partition coefficient (Wildman–Crippen LogP) is 2.23. The zero-order valence-corrected chi connectivity index (χ0v) is 14.9. The number of benzene rings is 1. The van der Waals surface area contributed by atoms with Gasteiger partial charge in [0.15, 0.2) is 0 Å². The van der Waals surface area contributed by atoms with Crippen LogP contribution in [0.3, 0.4) is 0 Å². The van der Waals surface area contributed by atoms with E-state index in [9.17, 15) is 18.0 Å². The minimum atomic E-state index is -4.48. The summed E-state index contributed by atoms with van der Waals surface area (Å²) in [5, 5.41) is 6.65. The van der Waals surface area contributed by atoms with Crippen molar-refractivity contribution in [2.45, 2.75) is 12.7 Å². The number of nitrogens with zero attached hydrogens (tertiary/aromatic N) is 2. The minimum Gasteiger partial charge on any atom is -0.383 e. The molecule has 1 aromatic carbocycles. The zero-order chi connectivity index (χ0) is 19.3. The Labute approximate surface area is 155 Å². The van der Waals surface area contributed by atoms with Crippen LogP contribution < -0.4 is 16.2 Å². The molecular weight excluding hydrogens is 357 g/mol. The van der Waals surface area contributed by atoms with Gasteiger partial charge in [0.2, 0.25) is 0 Å². The van der Waals surface area contributed by atoms with Crippen LogP contribution in [-0.4, -0.2) is 48.7 Å². The van der Waals surface area contributed by atoms with Crippen molar-refractivity contribution in [1.29, 1.82) is 0 Å². The highest BCUT2D eigenvalue weighted by Crippen LogP contribution is 2.28. The second-order valence-corrected chi connectivity index (χ2v) is 6.56. The Hall–Kier alpha value is -2.32. The van der Waals surface area contributed by atoms with Gasteiger partial charge in [-0.25, -0.2) is 0 Å². The van der Waals surface area contributed by atoms with Gasteiger partial charge in [0.25, 0.3) is 5.56 Å². The molecule has 1 fully saturated rings. The van der Waals surface area contributed by atoms with Crippen LogP contribution in [0.2, 0.25) is 0 Å². The van der Waals surface area contributed by atoms with E-state index in [1.54, 1.807) is 0 Å². The van der Waals surface area contributed by atoms with Crippen LogP contribution in [0.1, 0.15) is 11.1 Å². The lowest BCUT2D eigenvalue weighted by atomic mass is 10.1. The van der Waals surface area contributed by atoms with Gasteiger partial charge in [-0.15, -0.1) is 0 Å². The molecule has 1 saturated heterocycles. The summed E-state index contributed by atoms with van der Waals surface area (Å²) < 4.78 is 39.9. The number of rotatable bonds is 6. The summed E-state index contributed by atoms with van der Waals surface area (Å²) in [6.07, 6.45) is -3.60. The number of alkyl halides is 3. The fourth-order valence-electron chi connectivity index (χ4n) is 3.12. The average Bonchev–Trinajstić information content (AvgIpc) is 2.65. The molecular formula is C19H23F3N4O. The molecule has 0 radical (unpaired) electrons. The van der Waals surface area contributed by atoms with Crippen LogP contribution in [0.25, 0.3) is 0 Å². The van der Waals surface area contributed by atoms with E-state index >= 15 is 0 Å². The molecule has 5 nitrogen and oxygen atoms in total. The van der Waals surface area contributed by atoms with E-state index in [0.717, 1.165) is 73.4 Å². The topological polar surface area (TPSA) is 49.3 Å². The number of halogens is 3. The smallest absolute Gasteiger partial charge is 0.383 e. The highest BCUT2D eigenvalue weighted by atomic mass is 19.4. The Balaban J connectivity index is 1.70. The van der Waals surface area contributed by atoms with Gasteiger partial charge in [-0.1, -0.05) is 18.2 Å². The number of pyridine rings is 1. The van der Waals surface area contributed by atoms with Crippen molar-refractivity contribution in [3.8, 4) is 0 Å². The lowest BCUT2D eigenvalue weighted by molar-refractivity contribution is -0.138. The molecule has 1 aliphatic heterocycles. The molecule has 3 rings (SSSR count). The maximum Gasteiger partial charge on any atom is 0.417 e. The van der Waals surface area contributed by atoms with Gasteiger partial charge in [0.05, 0.1) is 12.1 Å². The second kappa shape index (κ2) is 8.58. The first-order valence-corrected chi connectivity index (χ1v) is 8.96. The van der Waals surface area contributed by atoms with Crippen molar-refractivity contribution in [1.82, 2.24) is 14.8 Å².